The molecule has 0 spiro atoms. The fourth-order valence-corrected chi connectivity index (χ4v) is 1.87. The molecule has 0 saturated carbocycles. The molecule has 20 heavy (non-hydrogen) atoms. The van der Waals surface area contributed by atoms with Crippen molar-refractivity contribution in [2.45, 2.75) is 0 Å². The van der Waals surface area contributed by atoms with Gasteiger partial charge in [0, 0.05) is 5.56 Å². The first-order valence-corrected chi connectivity index (χ1v) is 5.88. The molecule has 2 aromatic rings. The number of nitrogens with two attached hydrogens (primary N) is 1. The third-order valence-electron chi connectivity index (χ3n) is 2.90. The number of nitrogen functional groups attached to an aromatic ring is 1. The molecule has 0 saturated heterocycles. The van der Waals surface area contributed by atoms with Gasteiger partial charge in [-0.2, -0.15) is 0 Å². The highest BCUT2D eigenvalue weighted by molar-refractivity contribution is 6.11. The summed E-state index contributed by atoms with van der Waals surface area (Å²) in [4.78, 5) is 12.4. The second-order valence-electron chi connectivity index (χ2n) is 4.13. The van der Waals surface area contributed by atoms with Crippen LogP contribution in [0.15, 0.2) is 36.4 Å². The van der Waals surface area contributed by atoms with Crippen LogP contribution in [0.25, 0.3) is 0 Å². The lowest BCUT2D eigenvalue weighted by molar-refractivity contribution is 0.103. The molecule has 2 aromatic carbocycles. The molecule has 0 aliphatic heterocycles. The molecular formula is C15H14FNO3. The summed E-state index contributed by atoms with van der Waals surface area (Å²) < 4.78 is 23.5. The number of methoxy groups -OCH3 is 2. The number of rotatable bonds is 4. The average molecular weight is 275 g/mol. The SMILES string of the molecule is COc1cc(C(=O)c2cc(F)ccc2OC)ccc1N. The van der Waals surface area contributed by atoms with Crippen molar-refractivity contribution in [1.82, 2.24) is 0 Å². The zero-order valence-electron chi connectivity index (χ0n) is 11.1. The topological polar surface area (TPSA) is 61.5 Å². The highest BCUT2D eigenvalue weighted by Gasteiger charge is 2.16. The Morgan fingerprint density at radius 1 is 1.05 bits per heavy atom. The summed E-state index contributed by atoms with van der Waals surface area (Å²) in [6, 6.07) is 8.44. The van der Waals surface area contributed by atoms with E-state index in [0.717, 1.165) is 6.07 Å². The monoisotopic (exact) mass is 275 g/mol. The molecule has 2 rings (SSSR count). The molecule has 4 nitrogen and oxygen atoms in total. The fraction of sp³-hybridized carbons (Fsp3) is 0.133. The summed E-state index contributed by atoms with van der Waals surface area (Å²) in [5.41, 5.74) is 6.62. The van der Waals surface area contributed by atoms with Gasteiger partial charge in [-0.15, -0.1) is 0 Å². The number of hydrogen-bond donors (Lipinski definition) is 1. The van der Waals surface area contributed by atoms with Crippen LogP contribution in [-0.2, 0) is 0 Å². The van der Waals surface area contributed by atoms with Crippen LogP contribution in [0.3, 0.4) is 0 Å². The third-order valence-corrected chi connectivity index (χ3v) is 2.90. The average Bonchev–Trinajstić information content (AvgIpc) is 2.47. The van der Waals surface area contributed by atoms with E-state index in [2.05, 4.69) is 0 Å². The Bertz CT molecular complexity index is 656. The van der Waals surface area contributed by atoms with Crippen molar-refractivity contribution in [3.05, 3.63) is 53.3 Å². The molecule has 0 atom stereocenters. The van der Waals surface area contributed by atoms with Gasteiger partial charge in [0.05, 0.1) is 25.5 Å². The van der Waals surface area contributed by atoms with Crippen LogP contribution in [0, 0.1) is 5.82 Å². The Morgan fingerprint density at radius 2 is 1.75 bits per heavy atom. The van der Waals surface area contributed by atoms with Gasteiger partial charge < -0.3 is 15.2 Å². The van der Waals surface area contributed by atoms with Crippen molar-refractivity contribution < 1.29 is 18.7 Å². The van der Waals surface area contributed by atoms with Crippen molar-refractivity contribution in [3.63, 3.8) is 0 Å². The van der Waals surface area contributed by atoms with Crippen molar-refractivity contribution in [2.24, 2.45) is 0 Å². The van der Waals surface area contributed by atoms with Crippen LogP contribution in [-0.4, -0.2) is 20.0 Å². The molecule has 5 heteroatoms. The lowest BCUT2D eigenvalue weighted by atomic mass is 10.0. The highest BCUT2D eigenvalue weighted by atomic mass is 19.1. The number of carbonyl (C=O) groups excluding carboxylic acids is 1. The summed E-state index contributed by atoms with van der Waals surface area (Å²) in [6.07, 6.45) is 0. The van der Waals surface area contributed by atoms with E-state index in [0.29, 0.717) is 22.7 Å². The van der Waals surface area contributed by atoms with Crippen LogP contribution in [0.5, 0.6) is 11.5 Å². The van der Waals surface area contributed by atoms with Gasteiger partial charge in [0.15, 0.2) is 5.78 Å². The first-order valence-electron chi connectivity index (χ1n) is 5.88. The molecular weight excluding hydrogens is 261 g/mol. The molecule has 0 unspecified atom stereocenters. The number of hydrogen-bond acceptors (Lipinski definition) is 4. The van der Waals surface area contributed by atoms with Crippen LogP contribution >= 0.6 is 0 Å². The smallest absolute Gasteiger partial charge is 0.196 e. The van der Waals surface area contributed by atoms with E-state index in [1.807, 2.05) is 0 Å². The fourth-order valence-electron chi connectivity index (χ4n) is 1.87. The lowest BCUT2D eigenvalue weighted by Crippen LogP contribution is -2.05. The van der Waals surface area contributed by atoms with Crippen LogP contribution < -0.4 is 15.2 Å². The molecule has 0 heterocycles. The molecule has 0 bridgehead atoms. The van der Waals surface area contributed by atoms with Crippen LogP contribution in [0.4, 0.5) is 10.1 Å². The number of anilines is 1. The first-order chi connectivity index (χ1) is 9.56. The van der Waals surface area contributed by atoms with Gasteiger partial charge in [0.25, 0.3) is 0 Å². The minimum absolute atomic E-state index is 0.152. The van der Waals surface area contributed by atoms with Gasteiger partial charge in [0.2, 0.25) is 0 Å². The number of benzene rings is 2. The van der Waals surface area contributed by atoms with Crippen molar-refractivity contribution in [1.29, 1.82) is 0 Å². The van der Waals surface area contributed by atoms with Gasteiger partial charge in [-0.05, 0) is 36.4 Å². The van der Waals surface area contributed by atoms with E-state index in [1.165, 1.54) is 32.4 Å². The second-order valence-corrected chi connectivity index (χ2v) is 4.13. The zero-order valence-corrected chi connectivity index (χ0v) is 11.1. The number of ketones is 1. The number of ether oxygens (including phenoxy) is 2. The Hall–Kier alpha value is -2.56. The Labute approximate surface area is 115 Å². The summed E-state index contributed by atoms with van der Waals surface area (Å²) in [5.74, 6) is -0.158. The standard InChI is InChI=1S/C15H14FNO3/c1-19-13-6-4-10(16)8-11(13)15(18)9-3-5-12(17)14(7-9)20-2/h3-8H,17H2,1-2H3. The Morgan fingerprint density at radius 3 is 2.40 bits per heavy atom. The maximum absolute atomic E-state index is 13.3. The molecule has 0 aliphatic rings. The number of halogens is 1. The number of carbonyl (C=O) groups is 1. The maximum Gasteiger partial charge on any atom is 0.196 e. The van der Waals surface area contributed by atoms with E-state index in [-0.39, 0.29) is 11.3 Å². The van der Waals surface area contributed by atoms with Gasteiger partial charge in [-0.25, -0.2) is 4.39 Å². The Balaban J connectivity index is 2.48. The van der Waals surface area contributed by atoms with Crippen molar-refractivity contribution in [2.75, 3.05) is 20.0 Å². The minimum atomic E-state index is -0.503. The van der Waals surface area contributed by atoms with E-state index in [9.17, 15) is 9.18 Å². The van der Waals surface area contributed by atoms with Gasteiger partial charge >= 0.3 is 0 Å². The minimum Gasteiger partial charge on any atom is -0.496 e. The van der Waals surface area contributed by atoms with Crippen molar-refractivity contribution >= 4 is 11.5 Å². The van der Waals surface area contributed by atoms with E-state index in [4.69, 9.17) is 15.2 Å². The van der Waals surface area contributed by atoms with Crippen LogP contribution in [0.1, 0.15) is 15.9 Å². The summed E-state index contributed by atoms with van der Waals surface area (Å²) in [6.45, 7) is 0. The maximum atomic E-state index is 13.3. The molecule has 0 amide bonds. The molecule has 2 N–H and O–H groups in total. The van der Waals surface area contributed by atoms with E-state index in [1.54, 1.807) is 12.1 Å². The molecule has 0 radical (unpaired) electrons. The summed E-state index contributed by atoms with van der Waals surface area (Å²) in [7, 11) is 2.89. The van der Waals surface area contributed by atoms with Crippen molar-refractivity contribution in [3.8, 4) is 11.5 Å². The third kappa shape index (κ3) is 2.56. The predicted octanol–water partition coefficient (Wildman–Crippen LogP) is 2.66. The second kappa shape index (κ2) is 5.61. The van der Waals surface area contributed by atoms with Gasteiger partial charge in [-0.3, -0.25) is 4.79 Å². The molecule has 0 aromatic heterocycles. The Kier molecular flexibility index (Phi) is 3.89. The normalized spacial score (nSPS) is 10.2. The van der Waals surface area contributed by atoms with Gasteiger partial charge in [0.1, 0.15) is 17.3 Å². The van der Waals surface area contributed by atoms with Gasteiger partial charge in [-0.1, -0.05) is 0 Å². The molecule has 0 fully saturated rings. The molecule has 0 aliphatic carbocycles. The summed E-state index contributed by atoms with van der Waals surface area (Å²) in [5, 5.41) is 0. The van der Waals surface area contributed by atoms with E-state index < -0.39 is 5.82 Å². The first kappa shape index (κ1) is 13.9. The largest absolute Gasteiger partial charge is 0.496 e. The summed E-state index contributed by atoms with van der Waals surface area (Å²) >= 11 is 0. The predicted molar refractivity (Wildman–Crippen MR) is 73.8 cm³/mol. The quantitative estimate of drug-likeness (QED) is 0.688. The van der Waals surface area contributed by atoms with Crippen LogP contribution in [0.2, 0.25) is 0 Å². The molecule has 104 valence electrons. The van der Waals surface area contributed by atoms with E-state index >= 15 is 0 Å². The zero-order chi connectivity index (χ0) is 14.7. The lowest BCUT2D eigenvalue weighted by Gasteiger charge is -2.10. The highest BCUT2D eigenvalue weighted by Crippen LogP contribution is 2.27.